The molecule has 0 saturated heterocycles. The molecule has 1 aliphatic rings. The summed E-state index contributed by atoms with van der Waals surface area (Å²) in [7, 11) is 0. The molecule has 1 aliphatic carbocycles. The molecule has 1 saturated carbocycles. The van der Waals surface area contributed by atoms with Crippen molar-refractivity contribution >= 4 is 0 Å². The fraction of sp³-hybridized carbons (Fsp3) is 0.419. The van der Waals surface area contributed by atoms with E-state index in [2.05, 4.69) is 19.9 Å². The number of hydrogen-bond acceptors (Lipinski definition) is 0. The van der Waals surface area contributed by atoms with Gasteiger partial charge in [-0.15, -0.1) is 0 Å². The first-order chi connectivity index (χ1) is 16.5. The fourth-order valence-corrected chi connectivity index (χ4v) is 5.39. The Morgan fingerprint density at radius 2 is 1.44 bits per heavy atom. The van der Waals surface area contributed by atoms with Crippen molar-refractivity contribution < 1.29 is 13.2 Å². The zero-order valence-electron chi connectivity index (χ0n) is 20.3. The second-order valence-electron chi connectivity index (χ2n) is 9.81. The number of halogens is 3. The molecular formula is C31H35F3. The molecule has 0 heterocycles. The van der Waals surface area contributed by atoms with Crippen molar-refractivity contribution in [2.24, 2.45) is 5.92 Å². The van der Waals surface area contributed by atoms with Gasteiger partial charge < -0.3 is 0 Å². The van der Waals surface area contributed by atoms with E-state index >= 15 is 0 Å². The molecule has 1 fully saturated rings. The standard InChI is InChI=1S/C31H35F3/c1-3-5-23-11-18-27(29(32)20-23)24-14-8-22(9-15-24)10-16-26-17-19-28(31(34)30(26)33)25-12-6-21(4-2)7-13-25/h6-7,11-13,17-20,22,24H,3-5,8-10,14-16H2,1-2H3. The Morgan fingerprint density at radius 3 is 2.09 bits per heavy atom. The SMILES string of the molecule is CCCc1ccc(C2CCC(CCc3ccc(-c4ccc(CC)cc4)c(F)c3F)CC2)c(F)c1. The van der Waals surface area contributed by atoms with Crippen LogP contribution in [0.5, 0.6) is 0 Å². The summed E-state index contributed by atoms with van der Waals surface area (Å²) in [5.74, 6) is -0.814. The van der Waals surface area contributed by atoms with Gasteiger partial charge in [-0.25, -0.2) is 13.2 Å². The molecule has 180 valence electrons. The maximum absolute atomic E-state index is 14.8. The highest BCUT2D eigenvalue weighted by atomic mass is 19.2. The van der Waals surface area contributed by atoms with E-state index in [0.717, 1.165) is 62.5 Å². The Morgan fingerprint density at radius 1 is 0.735 bits per heavy atom. The zero-order chi connectivity index (χ0) is 24.1. The van der Waals surface area contributed by atoms with E-state index in [4.69, 9.17) is 0 Å². The van der Waals surface area contributed by atoms with Crippen LogP contribution in [0.25, 0.3) is 11.1 Å². The quantitative estimate of drug-likeness (QED) is 0.312. The summed E-state index contributed by atoms with van der Waals surface area (Å²) in [5.41, 5.74) is 4.55. The Hall–Kier alpha value is -2.55. The third kappa shape index (κ3) is 5.56. The van der Waals surface area contributed by atoms with Crippen LogP contribution < -0.4 is 0 Å². The molecule has 0 spiro atoms. The Kier molecular flexibility index (Phi) is 8.13. The summed E-state index contributed by atoms with van der Waals surface area (Å²) < 4.78 is 44.3. The van der Waals surface area contributed by atoms with E-state index in [-0.39, 0.29) is 11.7 Å². The maximum Gasteiger partial charge on any atom is 0.166 e. The lowest BCUT2D eigenvalue weighted by Crippen LogP contribution is -2.15. The van der Waals surface area contributed by atoms with Gasteiger partial charge in [0.15, 0.2) is 11.6 Å². The average molecular weight is 465 g/mol. The first-order valence-electron chi connectivity index (χ1n) is 12.8. The van der Waals surface area contributed by atoms with Gasteiger partial charge in [-0.3, -0.25) is 0 Å². The predicted octanol–water partition coefficient (Wildman–Crippen LogP) is 9.19. The summed E-state index contributed by atoms with van der Waals surface area (Å²) in [4.78, 5) is 0. The van der Waals surface area contributed by atoms with Crippen LogP contribution in [0.2, 0.25) is 0 Å². The van der Waals surface area contributed by atoms with Crippen molar-refractivity contribution in [2.45, 2.75) is 77.6 Å². The molecule has 0 unspecified atom stereocenters. The van der Waals surface area contributed by atoms with Gasteiger partial charge in [0.05, 0.1) is 0 Å². The van der Waals surface area contributed by atoms with E-state index < -0.39 is 11.6 Å². The highest BCUT2D eigenvalue weighted by molar-refractivity contribution is 5.65. The Bertz CT molecular complexity index is 1090. The van der Waals surface area contributed by atoms with Crippen molar-refractivity contribution in [1.82, 2.24) is 0 Å². The van der Waals surface area contributed by atoms with Crippen LogP contribution >= 0.6 is 0 Å². The molecule has 0 N–H and O–H groups in total. The highest BCUT2D eigenvalue weighted by Crippen LogP contribution is 2.39. The van der Waals surface area contributed by atoms with Gasteiger partial charge in [0, 0.05) is 5.56 Å². The smallest absolute Gasteiger partial charge is 0.166 e. The molecule has 0 aliphatic heterocycles. The molecule has 3 heteroatoms. The van der Waals surface area contributed by atoms with E-state index in [0.29, 0.717) is 29.0 Å². The van der Waals surface area contributed by atoms with Crippen LogP contribution in [0.4, 0.5) is 13.2 Å². The molecule has 0 radical (unpaired) electrons. The lowest BCUT2D eigenvalue weighted by atomic mass is 9.76. The van der Waals surface area contributed by atoms with Crippen molar-refractivity contribution in [2.75, 3.05) is 0 Å². The lowest BCUT2D eigenvalue weighted by molar-refractivity contribution is 0.305. The molecule has 0 nitrogen and oxygen atoms in total. The van der Waals surface area contributed by atoms with E-state index in [1.54, 1.807) is 18.2 Å². The minimum atomic E-state index is -0.757. The van der Waals surface area contributed by atoms with Gasteiger partial charge in [0.2, 0.25) is 0 Å². The second kappa shape index (κ2) is 11.3. The van der Waals surface area contributed by atoms with Gasteiger partial charge in [-0.05, 0) is 97.1 Å². The van der Waals surface area contributed by atoms with Gasteiger partial charge in [-0.1, -0.05) is 68.8 Å². The van der Waals surface area contributed by atoms with Crippen LogP contribution in [0.3, 0.4) is 0 Å². The summed E-state index contributed by atoms with van der Waals surface area (Å²) in [6.07, 6.45) is 8.14. The summed E-state index contributed by atoms with van der Waals surface area (Å²) in [5, 5.41) is 0. The summed E-state index contributed by atoms with van der Waals surface area (Å²) in [6.45, 7) is 4.17. The largest absolute Gasteiger partial charge is 0.207 e. The van der Waals surface area contributed by atoms with Crippen LogP contribution in [-0.2, 0) is 19.3 Å². The van der Waals surface area contributed by atoms with E-state index in [9.17, 15) is 13.2 Å². The number of benzene rings is 3. The molecule has 3 aromatic carbocycles. The minimum absolute atomic E-state index is 0.0728. The van der Waals surface area contributed by atoms with Gasteiger partial charge in [0.1, 0.15) is 5.82 Å². The molecule has 34 heavy (non-hydrogen) atoms. The third-order valence-corrected chi connectivity index (χ3v) is 7.55. The van der Waals surface area contributed by atoms with E-state index in [1.165, 1.54) is 5.56 Å². The molecule has 0 aromatic heterocycles. The maximum atomic E-state index is 14.8. The van der Waals surface area contributed by atoms with Crippen molar-refractivity contribution in [3.8, 4) is 11.1 Å². The first-order valence-corrected chi connectivity index (χ1v) is 12.8. The molecular weight excluding hydrogens is 429 g/mol. The fourth-order valence-electron chi connectivity index (χ4n) is 5.39. The van der Waals surface area contributed by atoms with Crippen LogP contribution in [0.15, 0.2) is 54.6 Å². The summed E-state index contributed by atoms with van der Waals surface area (Å²) >= 11 is 0. The van der Waals surface area contributed by atoms with Gasteiger partial charge >= 0.3 is 0 Å². The molecule has 3 aromatic rings. The van der Waals surface area contributed by atoms with Crippen molar-refractivity contribution in [1.29, 1.82) is 0 Å². The Balaban J connectivity index is 1.34. The van der Waals surface area contributed by atoms with Crippen molar-refractivity contribution in [3.05, 3.63) is 94.3 Å². The summed E-state index contributed by atoms with van der Waals surface area (Å²) in [6, 6.07) is 16.8. The van der Waals surface area contributed by atoms with Gasteiger partial charge in [-0.2, -0.15) is 0 Å². The van der Waals surface area contributed by atoms with Gasteiger partial charge in [0.25, 0.3) is 0 Å². The highest BCUT2D eigenvalue weighted by Gasteiger charge is 2.25. The zero-order valence-corrected chi connectivity index (χ0v) is 20.3. The molecule has 0 atom stereocenters. The second-order valence-corrected chi connectivity index (χ2v) is 9.81. The van der Waals surface area contributed by atoms with Crippen molar-refractivity contribution in [3.63, 3.8) is 0 Å². The number of rotatable bonds is 8. The molecule has 4 rings (SSSR count). The molecule has 0 amide bonds. The van der Waals surface area contributed by atoms with Crippen LogP contribution in [0.1, 0.15) is 80.5 Å². The lowest BCUT2D eigenvalue weighted by Gasteiger charge is -2.29. The number of aryl methyl sites for hydroxylation is 3. The topological polar surface area (TPSA) is 0 Å². The average Bonchev–Trinajstić information content (AvgIpc) is 2.86. The normalized spacial score (nSPS) is 18.3. The van der Waals surface area contributed by atoms with Crippen LogP contribution in [0, 0.1) is 23.4 Å². The monoisotopic (exact) mass is 464 g/mol. The van der Waals surface area contributed by atoms with E-state index in [1.807, 2.05) is 30.3 Å². The van der Waals surface area contributed by atoms with Crippen LogP contribution in [-0.4, -0.2) is 0 Å². The predicted molar refractivity (Wildman–Crippen MR) is 135 cm³/mol. The third-order valence-electron chi connectivity index (χ3n) is 7.55. The first kappa shape index (κ1) is 24.6. The number of hydrogen-bond donors (Lipinski definition) is 0. The Labute approximate surface area is 202 Å². The molecule has 0 bridgehead atoms. The minimum Gasteiger partial charge on any atom is -0.207 e.